The first-order valence-electron chi connectivity index (χ1n) is 9.55. The van der Waals surface area contributed by atoms with Crippen molar-refractivity contribution in [2.45, 2.75) is 31.5 Å². The third kappa shape index (κ3) is 3.16. The summed E-state index contributed by atoms with van der Waals surface area (Å²) in [5.74, 6) is 0.814. The molecule has 2 aliphatic rings. The minimum atomic E-state index is -0.770. The average Bonchev–Trinajstić information content (AvgIpc) is 3.37. The molecule has 27 heavy (non-hydrogen) atoms. The molecule has 0 spiro atoms. The van der Waals surface area contributed by atoms with Crippen LogP contribution in [0.1, 0.15) is 25.3 Å². The van der Waals surface area contributed by atoms with E-state index >= 15 is 0 Å². The Kier molecular flexibility index (Phi) is 4.24. The molecule has 140 valence electrons. The van der Waals surface area contributed by atoms with Gasteiger partial charge in [0.1, 0.15) is 12.0 Å². The summed E-state index contributed by atoms with van der Waals surface area (Å²) in [7, 11) is 0. The van der Waals surface area contributed by atoms with Crippen LogP contribution in [0.15, 0.2) is 36.8 Å². The van der Waals surface area contributed by atoms with Crippen molar-refractivity contribution in [2.75, 3.05) is 31.2 Å². The van der Waals surface area contributed by atoms with E-state index in [0.29, 0.717) is 25.6 Å². The van der Waals surface area contributed by atoms with E-state index < -0.39 is 6.17 Å². The van der Waals surface area contributed by atoms with Gasteiger partial charge in [-0.2, -0.15) is 5.10 Å². The Labute approximate surface area is 157 Å². The van der Waals surface area contributed by atoms with Crippen LogP contribution in [0.3, 0.4) is 0 Å². The Bertz CT molecular complexity index is 952. The van der Waals surface area contributed by atoms with Gasteiger partial charge < -0.3 is 9.64 Å². The Hall–Kier alpha value is -2.54. The molecule has 7 heteroatoms. The van der Waals surface area contributed by atoms with Crippen molar-refractivity contribution < 1.29 is 9.13 Å². The maximum absolute atomic E-state index is 13.6. The van der Waals surface area contributed by atoms with Crippen molar-refractivity contribution in [1.29, 1.82) is 0 Å². The van der Waals surface area contributed by atoms with Crippen LogP contribution in [0.4, 0.5) is 10.2 Å². The molecular formula is C20H22FN5O. The van der Waals surface area contributed by atoms with E-state index in [1.165, 1.54) is 0 Å². The summed E-state index contributed by atoms with van der Waals surface area (Å²) in [6.45, 7) is 2.69. The molecule has 1 atom stereocenters. The number of hydrogen-bond donors (Lipinski definition) is 0. The van der Waals surface area contributed by atoms with E-state index in [4.69, 9.17) is 9.72 Å². The molecule has 0 aromatic carbocycles. The molecule has 0 N–H and O–H groups in total. The van der Waals surface area contributed by atoms with Crippen LogP contribution in [-0.4, -0.2) is 52.2 Å². The number of anilines is 1. The Morgan fingerprint density at radius 1 is 1.11 bits per heavy atom. The number of rotatable bonds is 3. The normalized spacial score (nSPS) is 21.2. The number of hydrogen-bond acceptors (Lipinski definition) is 5. The fraction of sp³-hybridized carbons (Fsp3) is 0.450. The van der Waals surface area contributed by atoms with Gasteiger partial charge in [-0.1, -0.05) is 0 Å². The Morgan fingerprint density at radius 3 is 2.81 bits per heavy atom. The second kappa shape index (κ2) is 6.88. The lowest BCUT2D eigenvalue weighted by Gasteiger charge is -2.22. The highest BCUT2D eigenvalue weighted by Gasteiger charge is 2.23. The highest BCUT2D eigenvalue weighted by Crippen LogP contribution is 2.30. The van der Waals surface area contributed by atoms with Gasteiger partial charge in [0.25, 0.3) is 0 Å². The number of ether oxygens (including phenoxy) is 1. The third-order valence-electron chi connectivity index (χ3n) is 5.50. The zero-order valence-corrected chi connectivity index (χ0v) is 15.1. The SMILES string of the molecule is FC1CCN(c2ccc3nccc(-c4cnn(C5CCOCC5)c4)c3n2)C1. The topological polar surface area (TPSA) is 56.1 Å². The average molecular weight is 367 g/mol. The lowest BCUT2D eigenvalue weighted by Crippen LogP contribution is -2.21. The molecule has 2 saturated heterocycles. The molecule has 5 heterocycles. The van der Waals surface area contributed by atoms with E-state index in [-0.39, 0.29) is 0 Å². The molecule has 0 radical (unpaired) electrons. The van der Waals surface area contributed by atoms with Crippen LogP contribution in [0.5, 0.6) is 0 Å². The number of halogens is 1. The molecule has 3 aromatic heterocycles. The van der Waals surface area contributed by atoms with Gasteiger partial charge in [-0.15, -0.1) is 0 Å². The molecule has 6 nitrogen and oxygen atoms in total. The van der Waals surface area contributed by atoms with Gasteiger partial charge in [0, 0.05) is 43.3 Å². The van der Waals surface area contributed by atoms with Crippen LogP contribution < -0.4 is 4.90 Å². The lowest BCUT2D eigenvalue weighted by atomic mass is 10.1. The summed E-state index contributed by atoms with van der Waals surface area (Å²) < 4.78 is 21.1. The predicted molar refractivity (Wildman–Crippen MR) is 102 cm³/mol. The zero-order chi connectivity index (χ0) is 18.2. The van der Waals surface area contributed by atoms with Crippen LogP contribution in [0, 0.1) is 0 Å². The number of aromatic nitrogens is 4. The van der Waals surface area contributed by atoms with Crippen LogP contribution in [0.2, 0.25) is 0 Å². The van der Waals surface area contributed by atoms with E-state index in [9.17, 15) is 4.39 Å². The minimum absolute atomic E-state index is 0.384. The first-order chi connectivity index (χ1) is 13.3. The van der Waals surface area contributed by atoms with Crippen LogP contribution in [0.25, 0.3) is 22.2 Å². The Morgan fingerprint density at radius 2 is 2.00 bits per heavy atom. The highest BCUT2D eigenvalue weighted by atomic mass is 19.1. The van der Waals surface area contributed by atoms with Gasteiger partial charge >= 0.3 is 0 Å². The van der Waals surface area contributed by atoms with Crippen molar-refractivity contribution in [2.24, 2.45) is 0 Å². The summed E-state index contributed by atoms with van der Waals surface area (Å²) in [6, 6.07) is 6.26. The molecule has 1 unspecified atom stereocenters. The minimum Gasteiger partial charge on any atom is -0.381 e. The lowest BCUT2D eigenvalue weighted by molar-refractivity contribution is 0.0662. The van der Waals surface area contributed by atoms with E-state index in [2.05, 4.69) is 16.3 Å². The number of alkyl halides is 1. The maximum atomic E-state index is 13.6. The molecule has 2 fully saturated rings. The van der Waals surface area contributed by atoms with Crippen molar-refractivity contribution in [3.8, 4) is 11.1 Å². The first kappa shape index (κ1) is 16.6. The zero-order valence-electron chi connectivity index (χ0n) is 15.1. The van der Waals surface area contributed by atoms with Crippen molar-refractivity contribution in [3.63, 3.8) is 0 Å². The fourth-order valence-electron chi connectivity index (χ4n) is 3.98. The molecule has 5 rings (SSSR count). The molecule has 3 aromatic rings. The van der Waals surface area contributed by atoms with Crippen LogP contribution in [-0.2, 0) is 4.74 Å². The number of nitrogens with zero attached hydrogens (tertiary/aromatic N) is 5. The van der Waals surface area contributed by atoms with Gasteiger partial charge in [0.15, 0.2) is 0 Å². The largest absolute Gasteiger partial charge is 0.381 e. The summed E-state index contributed by atoms with van der Waals surface area (Å²) in [5, 5.41) is 4.59. The van der Waals surface area contributed by atoms with E-state index in [0.717, 1.165) is 54.0 Å². The molecular weight excluding hydrogens is 345 g/mol. The van der Waals surface area contributed by atoms with Crippen molar-refractivity contribution in [1.82, 2.24) is 19.7 Å². The standard InChI is InChI=1S/C20H22FN5O/c21-15-4-8-25(13-15)19-2-1-18-20(24-19)17(3-7-22-18)14-11-23-26(12-14)16-5-9-27-10-6-16/h1-3,7,11-12,15-16H,4-6,8-10,13H2. The molecule has 2 aliphatic heterocycles. The molecule has 0 amide bonds. The van der Waals surface area contributed by atoms with Gasteiger partial charge in [-0.25, -0.2) is 9.37 Å². The third-order valence-corrected chi connectivity index (χ3v) is 5.50. The van der Waals surface area contributed by atoms with E-state index in [1.54, 1.807) is 6.20 Å². The smallest absolute Gasteiger partial charge is 0.129 e. The monoisotopic (exact) mass is 367 g/mol. The van der Waals surface area contributed by atoms with E-state index in [1.807, 2.05) is 34.0 Å². The predicted octanol–water partition coefficient (Wildman–Crippen LogP) is 3.39. The maximum Gasteiger partial charge on any atom is 0.129 e. The first-order valence-corrected chi connectivity index (χ1v) is 9.55. The molecule has 0 aliphatic carbocycles. The highest BCUT2D eigenvalue weighted by molar-refractivity contribution is 5.91. The van der Waals surface area contributed by atoms with Crippen LogP contribution >= 0.6 is 0 Å². The summed E-state index contributed by atoms with van der Waals surface area (Å²) in [4.78, 5) is 11.3. The molecule has 0 bridgehead atoms. The van der Waals surface area contributed by atoms with Crippen molar-refractivity contribution >= 4 is 16.9 Å². The summed E-state index contributed by atoms with van der Waals surface area (Å²) >= 11 is 0. The van der Waals surface area contributed by atoms with Gasteiger partial charge in [0.2, 0.25) is 0 Å². The number of fused-ring (bicyclic) bond motifs is 1. The van der Waals surface area contributed by atoms with Gasteiger partial charge in [-0.3, -0.25) is 9.67 Å². The fourth-order valence-corrected chi connectivity index (χ4v) is 3.98. The summed E-state index contributed by atoms with van der Waals surface area (Å²) in [6.07, 6.45) is 7.56. The summed E-state index contributed by atoms with van der Waals surface area (Å²) in [5.41, 5.74) is 3.72. The number of pyridine rings is 2. The second-order valence-electron chi connectivity index (χ2n) is 7.28. The molecule has 0 saturated carbocycles. The van der Waals surface area contributed by atoms with Crippen molar-refractivity contribution in [3.05, 3.63) is 36.8 Å². The quantitative estimate of drug-likeness (QED) is 0.710. The van der Waals surface area contributed by atoms with Gasteiger partial charge in [-0.05, 0) is 37.5 Å². The Balaban J connectivity index is 1.51. The second-order valence-corrected chi connectivity index (χ2v) is 7.28. The van der Waals surface area contributed by atoms with Gasteiger partial charge in [0.05, 0.1) is 29.8 Å².